The highest BCUT2D eigenvalue weighted by Gasteiger charge is 2.20. The number of hydrogen-bond donors (Lipinski definition) is 3. The van der Waals surface area contributed by atoms with Crippen LogP contribution >= 0.6 is 11.6 Å². The first-order valence-corrected chi connectivity index (χ1v) is 8.72. The van der Waals surface area contributed by atoms with E-state index in [1.165, 1.54) is 12.1 Å². The predicted molar refractivity (Wildman–Crippen MR) is 89.1 cm³/mol. The van der Waals surface area contributed by atoms with E-state index in [0.717, 1.165) is 0 Å². The largest absolute Gasteiger partial charge is 0.323 e. The van der Waals surface area contributed by atoms with Gasteiger partial charge < -0.3 is 9.97 Å². The fourth-order valence-corrected chi connectivity index (χ4v) is 3.92. The number of fused-ring (bicyclic) bond motifs is 1. The third-order valence-corrected chi connectivity index (χ3v) is 5.38. The molecule has 0 amide bonds. The highest BCUT2D eigenvalue weighted by atomic mass is 35.5. The minimum Gasteiger partial charge on any atom is -0.306 e. The Morgan fingerprint density at radius 2 is 1.78 bits per heavy atom. The van der Waals surface area contributed by atoms with Crippen LogP contribution in [0.1, 0.15) is 18.5 Å². The van der Waals surface area contributed by atoms with E-state index in [-0.39, 0.29) is 10.6 Å². The van der Waals surface area contributed by atoms with Gasteiger partial charge in [-0.15, -0.1) is 0 Å². The van der Waals surface area contributed by atoms with Gasteiger partial charge in [0.2, 0.25) is 10.0 Å². The van der Waals surface area contributed by atoms with Crippen LogP contribution in [-0.2, 0) is 10.0 Å². The number of aromatic nitrogens is 2. The van der Waals surface area contributed by atoms with Crippen molar-refractivity contribution in [3.8, 4) is 0 Å². The second-order valence-electron chi connectivity index (χ2n) is 5.15. The molecule has 0 fully saturated rings. The molecule has 0 saturated heterocycles. The lowest BCUT2D eigenvalue weighted by molar-refractivity contribution is 0.567. The lowest BCUT2D eigenvalue weighted by Crippen LogP contribution is -2.27. The van der Waals surface area contributed by atoms with Gasteiger partial charge in [0.15, 0.2) is 0 Å². The van der Waals surface area contributed by atoms with E-state index >= 15 is 0 Å². The molecule has 3 N–H and O–H groups in total. The van der Waals surface area contributed by atoms with E-state index in [4.69, 9.17) is 11.6 Å². The van der Waals surface area contributed by atoms with Crippen LogP contribution < -0.4 is 10.4 Å². The molecule has 1 heterocycles. The zero-order valence-corrected chi connectivity index (χ0v) is 13.7. The fourth-order valence-electron chi connectivity index (χ4n) is 2.37. The Morgan fingerprint density at radius 3 is 2.52 bits per heavy atom. The number of sulfonamides is 1. The van der Waals surface area contributed by atoms with Gasteiger partial charge in [-0.2, -0.15) is 0 Å². The summed E-state index contributed by atoms with van der Waals surface area (Å²) in [4.78, 5) is 16.4. The van der Waals surface area contributed by atoms with E-state index in [0.29, 0.717) is 21.6 Å². The normalized spacial score (nSPS) is 13.3. The van der Waals surface area contributed by atoms with Crippen LogP contribution in [0, 0.1) is 0 Å². The lowest BCUT2D eigenvalue weighted by Gasteiger charge is -2.16. The third-order valence-electron chi connectivity index (χ3n) is 3.50. The van der Waals surface area contributed by atoms with Crippen LogP contribution in [-0.4, -0.2) is 18.4 Å². The molecule has 8 heteroatoms. The summed E-state index contributed by atoms with van der Waals surface area (Å²) in [5, 5.41) is 0.494. The molecule has 0 aliphatic carbocycles. The van der Waals surface area contributed by atoms with Crippen molar-refractivity contribution in [3.05, 3.63) is 63.5 Å². The first-order chi connectivity index (χ1) is 10.9. The maximum atomic E-state index is 12.5. The number of H-pyrrole nitrogens is 2. The maximum Gasteiger partial charge on any atom is 0.323 e. The molecule has 3 rings (SSSR count). The zero-order chi connectivity index (χ0) is 16.6. The molecular weight excluding hydrogens is 338 g/mol. The van der Waals surface area contributed by atoms with Gasteiger partial charge >= 0.3 is 5.69 Å². The van der Waals surface area contributed by atoms with E-state index in [1.807, 2.05) is 0 Å². The zero-order valence-electron chi connectivity index (χ0n) is 12.1. The number of rotatable bonds is 4. The molecular formula is C15H14ClN3O3S. The van der Waals surface area contributed by atoms with Crippen molar-refractivity contribution in [2.24, 2.45) is 0 Å². The molecule has 0 aliphatic rings. The minimum atomic E-state index is -3.75. The predicted octanol–water partition coefficient (Wildman–Crippen LogP) is 2.55. The van der Waals surface area contributed by atoms with Crippen molar-refractivity contribution < 1.29 is 8.42 Å². The summed E-state index contributed by atoms with van der Waals surface area (Å²) in [5.74, 6) is 0. The monoisotopic (exact) mass is 351 g/mol. The van der Waals surface area contributed by atoms with Gasteiger partial charge in [0, 0.05) is 11.1 Å². The van der Waals surface area contributed by atoms with Crippen LogP contribution in [0.5, 0.6) is 0 Å². The summed E-state index contributed by atoms with van der Waals surface area (Å²) in [6.07, 6.45) is 0. The molecule has 0 radical (unpaired) electrons. The summed E-state index contributed by atoms with van der Waals surface area (Å²) < 4.78 is 27.6. The first-order valence-electron chi connectivity index (χ1n) is 6.85. The van der Waals surface area contributed by atoms with Gasteiger partial charge in [-0.1, -0.05) is 29.8 Å². The quantitative estimate of drug-likeness (QED) is 0.674. The van der Waals surface area contributed by atoms with Crippen molar-refractivity contribution in [2.75, 3.05) is 0 Å². The van der Waals surface area contributed by atoms with Gasteiger partial charge in [0.1, 0.15) is 0 Å². The Hall–Kier alpha value is -2.09. The van der Waals surface area contributed by atoms with E-state index in [2.05, 4.69) is 14.7 Å². The Morgan fingerprint density at radius 1 is 1.09 bits per heavy atom. The fraction of sp³-hybridized carbons (Fsp3) is 0.133. The Kier molecular flexibility index (Phi) is 4.01. The van der Waals surface area contributed by atoms with Crippen LogP contribution in [0.3, 0.4) is 0 Å². The van der Waals surface area contributed by atoms with Crippen LogP contribution in [0.15, 0.2) is 52.2 Å². The van der Waals surface area contributed by atoms with Gasteiger partial charge in [-0.05, 0) is 36.8 Å². The van der Waals surface area contributed by atoms with Crippen molar-refractivity contribution in [2.45, 2.75) is 17.9 Å². The van der Waals surface area contributed by atoms with Crippen molar-refractivity contribution in [1.82, 2.24) is 14.7 Å². The molecule has 0 aliphatic heterocycles. The van der Waals surface area contributed by atoms with E-state index < -0.39 is 16.1 Å². The number of benzene rings is 2. The number of hydrogen-bond acceptors (Lipinski definition) is 3. The Balaban J connectivity index is 1.93. The Bertz CT molecular complexity index is 1020. The van der Waals surface area contributed by atoms with Crippen molar-refractivity contribution in [1.29, 1.82) is 0 Å². The average Bonchev–Trinajstić information content (AvgIpc) is 2.86. The third kappa shape index (κ3) is 3.17. The van der Waals surface area contributed by atoms with Crippen LogP contribution in [0.2, 0.25) is 5.02 Å². The van der Waals surface area contributed by atoms with Gasteiger partial charge in [-0.3, -0.25) is 0 Å². The molecule has 1 atom stereocenters. The molecule has 0 spiro atoms. The number of imidazole rings is 1. The van der Waals surface area contributed by atoms with Gasteiger partial charge in [0.25, 0.3) is 0 Å². The molecule has 120 valence electrons. The second-order valence-corrected chi connectivity index (χ2v) is 7.27. The average molecular weight is 352 g/mol. The van der Waals surface area contributed by atoms with Crippen LogP contribution in [0.4, 0.5) is 0 Å². The van der Waals surface area contributed by atoms with Crippen molar-refractivity contribution in [3.63, 3.8) is 0 Å². The molecule has 0 saturated carbocycles. The highest BCUT2D eigenvalue weighted by Crippen LogP contribution is 2.24. The topological polar surface area (TPSA) is 94.8 Å². The number of aromatic amines is 2. The number of halogens is 1. The molecule has 23 heavy (non-hydrogen) atoms. The standard InChI is InChI=1S/C15H14ClN3O3S/c1-9(11-4-2-3-5-12(11)16)19-23(21,22)10-6-7-13-14(8-10)18-15(20)17-13/h2-9,19H,1H3,(H2,17,18,20)/t9-/m0/s1. The van der Waals surface area contributed by atoms with Crippen LogP contribution in [0.25, 0.3) is 11.0 Å². The molecule has 0 bridgehead atoms. The molecule has 3 aromatic rings. The van der Waals surface area contributed by atoms with E-state index in [1.54, 1.807) is 37.3 Å². The SMILES string of the molecule is C[C@H](NS(=O)(=O)c1ccc2[nH]c(=O)[nH]c2c1)c1ccccc1Cl. The maximum absolute atomic E-state index is 12.5. The van der Waals surface area contributed by atoms with Gasteiger partial charge in [-0.25, -0.2) is 17.9 Å². The summed E-state index contributed by atoms with van der Waals surface area (Å²) in [6.45, 7) is 1.72. The molecule has 0 unspecified atom stereocenters. The minimum absolute atomic E-state index is 0.0687. The second kappa shape index (κ2) is 5.84. The summed E-state index contributed by atoms with van der Waals surface area (Å²) in [7, 11) is -3.75. The smallest absolute Gasteiger partial charge is 0.306 e. The Labute approximate surface area is 137 Å². The lowest BCUT2D eigenvalue weighted by atomic mass is 10.1. The highest BCUT2D eigenvalue weighted by molar-refractivity contribution is 7.89. The summed E-state index contributed by atoms with van der Waals surface area (Å²) >= 11 is 6.10. The van der Waals surface area contributed by atoms with E-state index in [9.17, 15) is 13.2 Å². The molecule has 2 aromatic carbocycles. The van der Waals surface area contributed by atoms with Crippen molar-refractivity contribution >= 4 is 32.7 Å². The van der Waals surface area contributed by atoms with Gasteiger partial charge in [0.05, 0.1) is 15.9 Å². The molecule has 1 aromatic heterocycles. The summed E-state index contributed by atoms with van der Waals surface area (Å²) in [5.41, 5.74) is 1.29. The molecule has 6 nitrogen and oxygen atoms in total. The number of nitrogens with one attached hydrogen (secondary N) is 3. The first kappa shape index (κ1) is 15.8. The summed E-state index contributed by atoms with van der Waals surface area (Å²) in [6, 6.07) is 11.0.